The molecule has 0 bridgehead atoms. The summed E-state index contributed by atoms with van der Waals surface area (Å²) in [7, 11) is 0. The lowest BCUT2D eigenvalue weighted by Gasteiger charge is -2.40. The first-order chi connectivity index (χ1) is 14.5. The molecule has 1 fully saturated rings. The predicted molar refractivity (Wildman–Crippen MR) is 116 cm³/mol. The third-order valence-electron chi connectivity index (χ3n) is 6.10. The van der Waals surface area contributed by atoms with Crippen LogP contribution in [0.15, 0.2) is 42.6 Å². The first-order valence-corrected chi connectivity index (χ1v) is 10.4. The number of aromatic hydroxyl groups is 1. The van der Waals surface area contributed by atoms with Crippen molar-refractivity contribution in [2.24, 2.45) is 0 Å². The molecular weight excluding hydrogens is 380 g/mol. The number of hydrogen-bond acceptors (Lipinski definition) is 4. The maximum absolute atomic E-state index is 11.2. The van der Waals surface area contributed by atoms with Crippen LogP contribution in [0.1, 0.15) is 52.9 Å². The van der Waals surface area contributed by atoms with Gasteiger partial charge in [0.15, 0.2) is 0 Å². The Labute approximate surface area is 176 Å². The lowest BCUT2D eigenvalue weighted by atomic mass is 9.91. The summed E-state index contributed by atoms with van der Waals surface area (Å²) < 4.78 is 5.92. The van der Waals surface area contributed by atoms with Crippen LogP contribution in [-0.4, -0.2) is 45.3 Å². The van der Waals surface area contributed by atoms with Gasteiger partial charge in [-0.15, -0.1) is 0 Å². The van der Waals surface area contributed by atoms with E-state index in [4.69, 9.17) is 4.74 Å². The number of carbonyl (C=O) groups is 1. The molecule has 6 heteroatoms. The number of aromatic nitrogens is 1. The maximum atomic E-state index is 11.2. The Bertz CT molecular complexity index is 1040. The Hall–Kier alpha value is -2.83. The summed E-state index contributed by atoms with van der Waals surface area (Å²) in [6, 6.07) is 11.0. The number of aromatic amines is 1. The van der Waals surface area contributed by atoms with Crippen LogP contribution in [0.2, 0.25) is 0 Å². The lowest BCUT2D eigenvalue weighted by Crippen LogP contribution is -2.39. The molecule has 1 aliphatic rings. The minimum atomic E-state index is -0.923. The number of phenolic OH excluding ortho intramolecular Hbond substituents is 1. The van der Waals surface area contributed by atoms with Crippen LogP contribution in [0, 0.1) is 6.92 Å². The van der Waals surface area contributed by atoms with Crippen molar-refractivity contribution >= 4 is 16.9 Å². The Morgan fingerprint density at radius 1 is 1.27 bits per heavy atom. The van der Waals surface area contributed by atoms with E-state index in [2.05, 4.69) is 9.88 Å². The minimum absolute atomic E-state index is 0.0906. The van der Waals surface area contributed by atoms with Gasteiger partial charge < -0.3 is 19.9 Å². The van der Waals surface area contributed by atoms with E-state index < -0.39 is 5.97 Å². The van der Waals surface area contributed by atoms with Gasteiger partial charge in [-0.2, -0.15) is 0 Å². The molecule has 6 nitrogen and oxygen atoms in total. The number of aromatic carboxylic acids is 1. The number of carboxylic acids is 1. The zero-order valence-electron chi connectivity index (χ0n) is 17.4. The Morgan fingerprint density at radius 2 is 2.03 bits per heavy atom. The highest BCUT2D eigenvalue weighted by molar-refractivity contribution is 5.88. The van der Waals surface area contributed by atoms with E-state index in [0.717, 1.165) is 47.0 Å². The fraction of sp³-hybridized carbons (Fsp3) is 0.375. The van der Waals surface area contributed by atoms with Crippen molar-refractivity contribution < 1.29 is 19.7 Å². The van der Waals surface area contributed by atoms with Crippen molar-refractivity contribution in [3.63, 3.8) is 0 Å². The second-order valence-electron chi connectivity index (χ2n) is 7.97. The molecule has 1 saturated heterocycles. The number of phenols is 1. The van der Waals surface area contributed by atoms with Crippen LogP contribution in [0.25, 0.3) is 10.9 Å². The Balaban J connectivity index is 1.67. The van der Waals surface area contributed by atoms with Gasteiger partial charge in [0.05, 0.1) is 11.7 Å². The van der Waals surface area contributed by atoms with E-state index in [1.54, 1.807) is 12.1 Å². The third kappa shape index (κ3) is 3.93. The zero-order valence-corrected chi connectivity index (χ0v) is 17.4. The van der Waals surface area contributed by atoms with Crippen molar-refractivity contribution in [1.82, 2.24) is 9.88 Å². The quantitative estimate of drug-likeness (QED) is 0.554. The minimum Gasteiger partial charge on any atom is -0.508 e. The molecule has 0 unspecified atom stereocenters. The number of likely N-dealkylation sites (tertiary alicyclic amines) is 1. The van der Waals surface area contributed by atoms with E-state index in [-0.39, 0.29) is 17.7 Å². The monoisotopic (exact) mass is 408 g/mol. The lowest BCUT2D eigenvalue weighted by molar-refractivity contribution is -0.0138. The highest BCUT2D eigenvalue weighted by Gasteiger charge is 2.31. The summed E-state index contributed by atoms with van der Waals surface area (Å²) >= 11 is 0. The molecule has 2 aromatic carbocycles. The molecule has 4 rings (SSSR count). The summed E-state index contributed by atoms with van der Waals surface area (Å²) in [6.07, 6.45) is 3.85. The number of nitrogens with zero attached hydrogens (tertiary/aromatic N) is 1. The molecule has 3 N–H and O–H groups in total. The Kier molecular flexibility index (Phi) is 5.79. The zero-order chi connectivity index (χ0) is 21.3. The van der Waals surface area contributed by atoms with E-state index >= 15 is 0 Å². The molecule has 0 spiro atoms. The molecule has 2 heterocycles. The molecule has 0 radical (unpaired) electrons. The van der Waals surface area contributed by atoms with Crippen LogP contribution < -0.4 is 0 Å². The number of nitrogens with one attached hydrogen (secondary N) is 1. The molecule has 158 valence electrons. The summed E-state index contributed by atoms with van der Waals surface area (Å²) in [4.78, 5) is 16.9. The number of aryl methyl sites for hydroxylation is 1. The van der Waals surface area contributed by atoms with Gasteiger partial charge >= 0.3 is 5.97 Å². The summed E-state index contributed by atoms with van der Waals surface area (Å²) in [5.74, 6) is -0.611. The molecule has 1 aliphatic heterocycles. The molecule has 0 saturated carbocycles. The first kappa shape index (κ1) is 20.4. The number of H-pyrrole nitrogens is 1. The van der Waals surface area contributed by atoms with Gasteiger partial charge in [0.2, 0.25) is 0 Å². The van der Waals surface area contributed by atoms with Crippen LogP contribution in [-0.2, 0) is 11.3 Å². The molecule has 2 atom stereocenters. The van der Waals surface area contributed by atoms with Crippen LogP contribution in [0.5, 0.6) is 5.75 Å². The number of hydrogen-bond donors (Lipinski definition) is 3. The van der Waals surface area contributed by atoms with Gasteiger partial charge in [-0.1, -0.05) is 12.1 Å². The highest BCUT2D eigenvalue weighted by atomic mass is 16.5. The summed E-state index contributed by atoms with van der Waals surface area (Å²) in [6.45, 7) is 6.14. The van der Waals surface area contributed by atoms with Gasteiger partial charge in [-0.25, -0.2) is 4.79 Å². The standard InChI is InChI=1S/C24H28N2O4/c1-3-30-18-9-11-26(21(13-18)16-4-6-17(7-5-16)24(28)29)14-20-19-8-10-25-23(19)15(2)12-22(20)27/h4-8,10,12,18,21,25,27H,3,9,11,13-14H2,1-2H3,(H,28,29)/t18-,21-/m0/s1. The third-order valence-corrected chi connectivity index (χ3v) is 6.10. The fourth-order valence-corrected chi connectivity index (χ4v) is 4.57. The molecule has 30 heavy (non-hydrogen) atoms. The van der Waals surface area contributed by atoms with Gasteiger partial charge in [-0.05, 0) is 62.1 Å². The topological polar surface area (TPSA) is 85.8 Å². The highest BCUT2D eigenvalue weighted by Crippen LogP contribution is 2.37. The van der Waals surface area contributed by atoms with Gasteiger partial charge in [0, 0.05) is 48.4 Å². The molecular formula is C24H28N2O4. The van der Waals surface area contributed by atoms with Gasteiger partial charge in [0.1, 0.15) is 5.75 Å². The summed E-state index contributed by atoms with van der Waals surface area (Å²) in [5.41, 5.74) is 4.34. The summed E-state index contributed by atoms with van der Waals surface area (Å²) in [5, 5.41) is 21.0. The number of benzene rings is 2. The normalized spacial score (nSPS) is 19.9. The first-order valence-electron chi connectivity index (χ1n) is 10.4. The smallest absolute Gasteiger partial charge is 0.335 e. The number of piperidine rings is 1. The number of fused-ring (bicyclic) bond motifs is 1. The van der Waals surface area contributed by atoms with Crippen molar-refractivity contribution in [3.05, 3.63) is 64.8 Å². The number of rotatable bonds is 6. The molecule has 0 aliphatic carbocycles. The van der Waals surface area contributed by atoms with Crippen molar-refractivity contribution in [2.75, 3.05) is 13.2 Å². The maximum Gasteiger partial charge on any atom is 0.335 e. The molecule has 1 aromatic heterocycles. The van der Waals surface area contributed by atoms with E-state index in [0.29, 0.717) is 18.9 Å². The van der Waals surface area contributed by atoms with Crippen LogP contribution in [0.3, 0.4) is 0 Å². The van der Waals surface area contributed by atoms with Crippen LogP contribution >= 0.6 is 0 Å². The second kappa shape index (κ2) is 8.50. The van der Waals surface area contributed by atoms with Gasteiger partial charge in [0.25, 0.3) is 0 Å². The fourth-order valence-electron chi connectivity index (χ4n) is 4.57. The largest absolute Gasteiger partial charge is 0.508 e. The SMILES string of the molecule is CCO[C@H]1CCN(Cc2c(O)cc(C)c3[nH]ccc23)[C@H](c2ccc(C(=O)O)cc2)C1. The van der Waals surface area contributed by atoms with E-state index in [9.17, 15) is 15.0 Å². The average molecular weight is 408 g/mol. The van der Waals surface area contributed by atoms with E-state index in [1.165, 1.54) is 0 Å². The van der Waals surface area contributed by atoms with Crippen molar-refractivity contribution in [3.8, 4) is 5.75 Å². The van der Waals surface area contributed by atoms with Crippen molar-refractivity contribution in [1.29, 1.82) is 0 Å². The van der Waals surface area contributed by atoms with Crippen molar-refractivity contribution in [2.45, 2.75) is 45.4 Å². The number of ether oxygens (including phenoxy) is 1. The number of carboxylic acid groups (broad SMARTS) is 1. The van der Waals surface area contributed by atoms with Crippen LogP contribution in [0.4, 0.5) is 0 Å². The predicted octanol–water partition coefficient (Wildman–Crippen LogP) is 4.62. The van der Waals surface area contributed by atoms with Gasteiger partial charge in [-0.3, -0.25) is 4.90 Å². The average Bonchev–Trinajstić information content (AvgIpc) is 3.22. The Morgan fingerprint density at radius 3 is 2.73 bits per heavy atom. The second-order valence-corrected chi connectivity index (χ2v) is 7.97. The van der Waals surface area contributed by atoms with E-state index in [1.807, 2.05) is 44.3 Å². The molecule has 0 amide bonds. The molecule has 3 aromatic rings.